The number of rotatable bonds is 4. The maximum absolute atomic E-state index is 10.4. The molecule has 4 heteroatoms. The van der Waals surface area contributed by atoms with Crippen molar-refractivity contribution in [2.45, 2.75) is 43.9 Å². The smallest absolute Gasteiger partial charge is 0.207 e. The van der Waals surface area contributed by atoms with Crippen LogP contribution in [-0.2, 0) is 14.3 Å². The number of ether oxygens (including phenoxy) is 2. The van der Waals surface area contributed by atoms with Gasteiger partial charge in [-0.3, -0.25) is 4.79 Å². The zero-order chi connectivity index (χ0) is 11.6. The Morgan fingerprint density at radius 2 is 1.88 bits per heavy atom. The summed E-state index contributed by atoms with van der Waals surface area (Å²) in [5.41, 5.74) is 0. The van der Waals surface area contributed by atoms with Crippen molar-refractivity contribution in [3.63, 3.8) is 0 Å². The topological polar surface area (TPSA) is 47.6 Å². The number of nitrogens with one attached hydrogen (secondary N) is 1. The highest BCUT2D eigenvalue weighted by atomic mass is 16.7. The predicted molar refractivity (Wildman–Crippen MR) is 59.8 cm³/mol. The van der Waals surface area contributed by atoms with Gasteiger partial charge in [-0.2, -0.15) is 0 Å². The SMILES string of the molecule is COC1(OC)CC2CCC(NC=O)CC2C1. The van der Waals surface area contributed by atoms with Crippen LogP contribution in [0, 0.1) is 11.8 Å². The van der Waals surface area contributed by atoms with E-state index in [0.717, 1.165) is 32.1 Å². The van der Waals surface area contributed by atoms with E-state index >= 15 is 0 Å². The van der Waals surface area contributed by atoms with Gasteiger partial charge in [-0.15, -0.1) is 0 Å². The van der Waals surface area contributed by atoms with Gasteiger partial charge in [0.05, 0.1) is 0 Å². The second-order valence-corrected chi connectivity index (χ2v) is 5.04. The summed E-state index contributed by atoms with van der Waals surface area (Å²) < 4.78 is 11.0. The number of hydrogen-bond donors (Lipinski definition) is 1. The van der Waals surface area contributed by atoms with Crippen LogP contribution in [0.2, 0.25) is 0 Å². The molecule has 3 atom stereocenters. The van der Waals surface area contributed by atoms with Gasteiger partial charge in [0.15, 0.2) is 5.79 Å². The van der Waals surface area contributed by atoms with Crippen molar-refractivity contribution in [3.05, 3.63) is 0 Å². The lowest BCUT2D eigenvalue weighted by atomic mass is 9.79. The monoisotopic (exact) mass is 227 g/mol. The van der Waals surface area contributed by atoms with E-state index in [4.69, 9.17) is 9.47 Å². The average molecular weight is 227 g/mol. The maximum Gasteiger partial charge on any atom is 0.207 e. The van der Waals surface area contributed by atoms with Gasteiger partial charge in [-0.1, -0.05) is 0 Å². The van der Waals surface area contributed by atoms with Crippen molar-refractivity contribution in [2.24, 2.45) is 11.8 Å². The highest BCUT2D eigenvalue weighted by Gasteiger charge is 2.47. The maximum atomic E-state index is 10.4. The van der Waals surface area contributed by atoms with Crippen LogP contribution < -0.4 is 5.32 Å². The number of amides is 1. The van der Waals surface area contributed by atoms with E-state index < -0.39 is 0 Å². The first-order chi connectivity index (χ1) is 7.73. The largest absolute Gasteiger partial charge is 0.356 e. The van der Waals surface area contributed by atoms with Gasteiger partial charge in [0.25, 0.3) is 0 Å². The van der Waals surface area contributed by atoms with E-state index in [9.17, 15) is 4.79 Å². The van der Waals surface area contributed by atoms with Crippen molar-refractivity contribution in [3.8, 4) is 0 Å². The predicted octanol–water partition coefficient (Wildman–Crippen LogP) is 1.30. The van der Waals surface area contributed by atoms with Crippen molar-refractivity contribution in [1.82, 2.24) is 5.32 Å². The minimum Gasteiger partial charge on any atom is -0.356 e. The molecule has 2 aliphatic carbocycles. The Labute approximate surface area is 96.7 Å². The molecule has 0 radical (unpaired) electrons. The number of carbonyl (C=O) groups is 1. The lowest BCUT2D eigenvalue weighted by Gasteiger charge is -2.30. The summed E-state index contributed by atoms with van der Waals surface area (Å²) in [6, 6.07) is 0.350. The van der Waals surface area contributed by atoms with Gasteiger partial charge >= 0.3 is 0 Å². The molecule has 0 bridgehead atoms. The van der Waals surface area contributed by atoms with Crippen molar-refractivity contribution < 1.29 is 14.3 Å². The quantitative estimate of drug-likeness (QED) is 0.581. The molecule has 4 nitrogen and oxygen atoms in total. The lowest BCUT2D eigenvalue weighted by molar-refractivity contribution is -0.203. The minimum atomic E-state index is -0.370. The third kappa shape index (κ3) is 2.09. The van der Waals surface area contributed by atoms with Gasteiger partial charge in [-0.05, 0) is 31.1 Å². The zero-order valence-electron chi connectivity index (χ0n) is 10.1. The molecule has 2 fully saturated rings. The molecule has 1 amide bonds. The standard InChI is InChI=1S/C12H21NO3/c1-15-12(16-2)6-9-3-4-11(13-8-14)5-10(9)7-12/h8-11H,3-7H2,1-2H3,(H,13,14). The van der Waals surface area contributed by atoms with Gasteiger partial charge in [0, 0.05) is 33.1 Å². The molecule has 0 saturated heterocycles. The summed E-state index contributed by atoms with van der Waals surface area (Å²) in [6.07, 6.45) is 6.10. The molecule has 3 unspecified atom stereocenters. The fraction of sp³-hybridized carbons (Fsp3) is 0.917. The number of carbonyl (C=O) groups excluding carboxylic acids is 1. The molecule has 0 aromatic heterocycles. The summed E-state index contributed by atoms with van der Waals surface area (Å²) >= 11 is 0. The molecular formula is C12H21NO3. The third-order valence-corrected chi connectivity index (χ3v) is 4.33. The number of hydrogen-bond acceptors (Lipinski definition) is 3. The van der Waals surface area contributed by atoms with E-state index in [2.05, 4.69) is 5.32 Å². The van der Waals surface area contributed by atoms with Crippen LogP contribution in [-0.4, -0.2) is 32.5 Å². The second-order valence-electron chi connectivity index (χ2n) is 5.04. The first-order valence-corrected chi connectivity index (χ1v) is 6.03. The molecular weight excluding hydrogens is 206 g/mol. The van der Waals surface area contributed by atoms with E-state index in [1.807, 2.05) is 0 Å². The Morgan fingerprint density at radius 1 is 1.19 bits per heavy atom. The van der Waals surface area contributed by atoms with Gasteiger partial charge in [0.2, 0.25) is 6.41 Å². The van der Waals surface area contributed by atoms with Crippen LogP contribution in [0.15, 0.2) is 0 Å². The third-order valence-electron chi connectivity index (χ3n) is 4.33. The minimum absolute atomic E-state index is 0.350. The van der Waals surface area contributed by atoms with Crippen LogP contribution >= 0.6 is 0 Å². The van der Waals surface area contributed by atoms with Gasteiger partial charge in [0.1, 0.15) is 0 Å². The molecule has 2 rings (SSSR count). The zero-order valence-corrected chi connectivity index (χ0v) is 10.1. The fourth-order valence-electron chi connectivity index (χ4n) is 3.39. The Balaban J connectivity index is 1.98. The van der Waals surface area contributed by atoms with Crippen LogP contribution in [0.4, 0.5) is 0 Å². The first-order valence-electron chi connectivity index (χ1n) is 6.03. The van der Waals surface area contributed by atoms with Crippen molar-refractivity contribution >= 4 is 6.41 Å². The molecule has 0 aromatic carbocycles. The van der Waals surface area contributed by atoms with Crippen molar-refractivity contribution in [2.75, 3.05) is 14.2 Å². The normalized spacial score (nSPS) is 36.8. The van der Waals surface area contributed by atoms with Crippen LogP contribution in [0.1, 0.15) is 32.1 Å². The van der Waals surface area contributed by atoms with Crippen LogP contribution in [0.5, 0.6) is 0 Å². The highest BCUT2D eigenvalue weighted by Crippen LogP contribution is 2.48. The fourth-order valence-corrected chi connectivity index (χ4v) is 3.39. The summed E-state index contributed by atoms with van der Waals surface area (Å²) in [7, 11) is 3.45. The van der Waals surface area contributed by atoms with E-state index in [0.29, 0.717) is 17.9 Å². The molecule has 1 N–H and O–H groups in total. The molecule has 92 valence electrons. The lowest BCUT2D eigenvalue weighted by Crippen LogP contribution is -2.35. The van der Waals surface area contributed by atoms with Gasteiger partial charge < -0.3 is 14.8 Å². The number of fused-ring (bicyclic) bond motifs is 1. The van der Waals surface area contributed by atoms with E-state index in [1.165, 1.54) is 6.42 Å². The second kappa shape index (κ2) is 4.72. The summed E-state index contributed by atoms with van der Waals surface area (Å²) in [5, 5.41) is 2.90. The number of methoxy groups -OCH3 is 2. The van der Waals surface area contributed by atoms with E-state index in [1.54, 1.807) is 14.2 Å². The first kappa shape index (κ1) is 11.9. The van der Waals surface area contributed by atoms with Crippen LogP contribution in [0.25, 0.3) is 0 Å². The molecule has 2 saturated carbocycles. The summed E-state index contributed by atoms with van der Waals surface area (Å²) in [5.74, 6) is 0.960. The highest BCUT2D eigenvalue weighted by molar-refractivity contribution is 5.46. The van der Waals surface area contributed by atoms with E-state index in [-0.39, 0.29) is 5.79 Å². The molecule has 2 aliphatic rings. The summed E-state index contributed by atoms with van der Waals surface area (Å²) in [4.78, 5) is 10.4. The Morgan fingerprint density at radius 3 is 2.50 bits per heavy atom. The summed E-state index contributed by atoms with van der Waals surface area (Å²) in [6.45, 7) is 0. The Hall–Kier alpha value is -0.610. The van der Waals surface area contributed by atoms with Crippen molar-refractivity contribution in [1.29, 1.82) is 0 Å². The Kier molecular flexibility index (Phi) is 3.50. The molecule has 0 spiro atoms. The molecule has 0 heterocycles. The molecule has 0 aromatic rings. The Bertz CT molecular complexity index is 253. The average Bonchev–Trinajstić information content (AvgIpc) is 2.68. The van der Waals surface area contributed by atoms with Gasteiger partial charge in [-0.25, -0.2) is 0 Å². The van der Waals surface area contributed by atoms with Crippen LogP contribution in [0.3, 0.4) is 0 Å². The molecule has 16 heavy (non-hydrogen) atoms. The molecule has 0 aliphatic heterocycles.